The van der Waals surface area contributed by atoms with E-state index in [1.54, 1.807) is 7.11 Å². The summed E-state index contributed by atoms with van der Waals surface area (Å²) in [6.07, 6.45) is 3.30. The number of aliphatic hydroxyl groups is 1. The third kappa shape index (κ3) is 3.97. The summed E-state index contributed by atoms with van der Waals surface area (Å²) in [7, 11) is 1.66. The summed E-state index contributed by atoms with van der Waals surface area (Å²) in [5, 5.41) is 10.5. The Morgan fingerprint density at radius 3 is 2.90 bits per heavy atom. The normalized spacial score (nSPS) is 22.3. The van der Waals surface area contributed by atoms with Crippen LogP contribution in [0.4, 0.5) is 0 Å². The first-order valence-electron chi connectivity index (χ1n) is 7.65. The lowest BCUT2D eigenvalue weighted by molar-refractivity contribution is 0.112. The standard InChI is InChI=1S/C17H27NO2/c1-13-5-4-9-18(10-8-13)12-16(19)15-11-14(2)6-7-17(15)20-3/h6-7,11,13,16,19H,4-5,8-10,12H2,1-3H3. The molecule has 0 bridgehead atoms. The second-order valence-electron chi connectivity index (χ2n) is 6.10. The van der Waals surface area contributed by atoms with Crippen LogP contribution in [0.5, 0.6) is 5.75 Å². The number of likely N-dealkylation sites (tertiary alicyclic amines) is 1. The summed E-state index contributed by atoms with van der Waals surface area (Å²) >= 11 is 0. The van der Waals surface area contributed by atoms with Crippen molar-refractivity contribution >= 4 is 0 Å². The average molecular weight is 277 g/mol. The van der Waals surface area contributed by atoms with E-state index in [0.29, 0.717) is 6.54 Å². The summed E-state index contributed by atoms with van der Waals surface area (Å²) in [4.78, 5) is 2.38. The van der Waals surface area contributed by atoms with E-state index >= 15 is 0 Å². The molecule has 0 aliphatic carbocycles. The number of nitrogens with zero attached hydrogens (tertiary/aromatic N) is 1. The third-order valence-electron chi connectivity index (χ3n) is 4.28. The van der Waals surface area contributed by atoms with Gasteiger partial charge in [0.2, 0.25) is 0 Å². The monoisotopic (exact) mass is 277 g/mol. The van der Waals surface area contributed by atoms with Crippen LogP contribution in [0, 0.1) is 12.8 Å². The summed E-state index contributed by atoms with van der Waals surface area (Å²) in [6.45, 7) is 7.25. The van der Waals surface area contributed by atoms with Gasteiger partial charge >= 0.3 is 0 Å². The van der Waals surface area contributed by atoms with E-state index in [1.165, 1.54) is 19.3 Å². The van der Waals surface area contributed by atoms with Crippen LogP contribution in [0.15, 0.2) is 18.2 Å². The summed E-state index contributed by atoms with van der Waals surface area (Å²) in [5.74, 6) is 1.59. The molecule has 1 aromatic rings. The fraction of sp³-hybridized carbons (Fsp3) is 0.647. The Balaban J connectivity index is 2.03. The van der Waals surface area contributed by atoms with Crippen molar-refractivity contribution in [3.05, 3.63) is 29.3 Å². The molecule has 1 saturated heterocycles. The smallest absolute Gasteiger partial charge is 0.124 e. The number of methoxy groups -OCH3 is 1. The Hall–Kier alpha value is -1.06. The van der Waals surface area contributed by atoms with Crippen LogP contribution in [-0.2, 0) is 0 Å². The molecule has 1 N–H and O–H groups in total. The molecule has 0 aromatic heterocycles. The van der Waals surface area contributed by atoms with Crippen LogP contribution in [0.25, 0.3) is 0 Å². The van der Waals surface area contributed by atoms with Gasteiger partial charge in [0, 0.05) is 12.1 Å². The molecule has 1 aliphatic heterocycles. The topological polar surface area (TPSA) is 32.7 Å². The van der Waals surface area contributed by atoms with E-state index < -0.39 is 6.10 Å². The molecule has 2 rings (SSSR count). The quantitative estimate of drug-likeness (QED) is 0.917. The van der Waals surface area contributed by atoms with Gasteiger partial charge in [0.15, 0.2) is 0 Å². The van der Waals surface area contributed by atoms with Crippen molar-refractivity contribution in [1.82, 2.24) is 4.90 Å². The molecule has 3 nitrogen and oxygen atoms in total. The number of hydrogen-bond acceptors (Lipinski definition) is 3. The number of benzene rings is 1. The highest BCUT2D eigenvalue weighted by atomic mass is 16.5. The second kappa shape index (κ2) is 7.09. The second-order valence-corrected chi connectivity index (χ2v) is 6.10. The van der Waals surface area contributed by atoms with Crippen molar-refractivity contribution in [3.8, 4) is 5.75 Å². The number of ether oxygens (including phenoxy) is 1. The van der Waals surface area contributed by atoms with E-state index in [4.69, 9.17) is 4.74 Å². The fourth-order valence-corrected chi connectivity index (χ4v) is 2.96. The van der Waals surface area contributed by atoms with E-state index in [2.05, 4.69) is 11.8 Å². The van der Waals surface area contributed by atoms with Crippen molar-refractivity contribution in [2.24, 2.45) is 5.92 Å². The van der Waals surface area contributed by atoms with Crippen LogP contribution in [0.1, 0.15) is 43.4 Å². The predicted molar refractivity (Wildman–Crippen MR) is 82.1 cm³/mol. The van der Waals surface area contributed by atoms with Crippen LogP contribution < -0.4 is 4.74 Å². The minimum absolute atomic E-state index is 0.474. The first-order valence-corrected chi connectivity index (χ1v) is 7.65. The van der Waals surface area contributed by atoms with Crippen LogP contribution in [0.3, 0.4) is 0 Å². The zero-order chi connectivity index (χ0) is 14.5. The molecule has 1 fully saturated rings. The number of hydrogen-bond donors (Lipinski definition) is 1. The Labute approximate surface area is 122 Å². The molecule has 0 saturated carbocycles. The molecular weight excluding hydrogens is 250 g/mol. The number of rotatable bonds is 4. The number of aryl methyl sites for hydroxylation is 1. The van der Waals surface area contributed by atoms with Crippen molar-refractivity contribution in [1.29, 1.82) is 0 Å². The van der Waals surface area contributed by atoms with Gasteiger partial charge in [-0.2, -0.15) is 0 Å². The van der Waals surface area contributed by atoms with Crippen molar-refractivity contribution in [2.75, 3.05) is 26.7 Å². The molecule has 1 aliphatic rings. The summed E-state index contributed by atoms with van der Waals surface area (Å²) < 4.78 is 5.37. The Morgan fingerprint density at radius 2 is 2.15 bits per heavy atom. The molecule has 3 heteroatoms. The van der Waals surface area contributed by atoms with Crippen molar-refractivity contribution < 1.29 is 9.84 Å². The highest BCUT2D eigenvalue weighted by molar-refractivity contribution is 5.38. The van der Waals surface area contributed by atoms with Gasteiger partial charge in [0.05, 0.1) is 13.2 Å². The van der Waals surface area contributed by atoms with Crippen LogP contribution >= 0.6 is 0 Å². The molecule has 112 valence electrons. The summed E-state index contributed by atoms with van der Waals surface area (Å²) in [6, 6.07) is 5.99. The number of aliphatic hydroxyl groups excluding tert-OH is 1. The van der Waals surface area contributed by atoms with E-state index in [9.17, 15) is 5.11 Å². The summed E-state index contributed by atoms with van der Waals surface area (Å²) in [5.41, 5.74) is 2.06. The molecule has 0 spiro atoms. The van der Waals surface area contributed by atoms with Gasteiger partial charge in [-0.05, 0) is 57.3 Å². The maximum absolute atomic E-state index is 10.5. The lowest BCUT2D eigenvalue weighted by Crippen LogP contribution is -2.30. The molecule has 2 unspecified atom stereocenters. The van der Waals surface area contributed by atoms with E-state index in [0.717, 1.165) is 35.9 Å². The third-order valence-corrected chi connectivity index (χ3v) is 4.28. The number of β-amino-alcohol motifs (C(OH)–C–C–N with tert-alkyl or cyclic N) is 1. The van der Waals surface area contributed by atoms with E-state index in [1.807, 2.05) is 25.1 Å². The molecule has 2 atom stereocenters. The first kappa shape index (κ1) is 15.3. The fourth-order valence-electron chi connectivity index (χ4n) is 2.96. The molecule has 0 amide bonds. The van der Waals surface area contributed by atoms with Crippen LogP contribution in [0.2, 0.25) is 0 Å². The van der Waals surface area contributed by atoms with Crippen molar-refractivity contribution in [3.63, 3.8) is 0 Å². The minimum atomic E-state index is -0.474. The largest absolute Gasteiger partial charge is 0.496 e. The molecule has 20 heavy (non-hydrogen) atoms. The first-order chi connectivity index (χ1) is 9.60. The highest BCUT2D eigenvalue weighted by Gasteiger charge is 2.19. The van der Waals surface area contributed by atoms with Gasteiger partial charge in [-0.3, -0.25) is 0 Å². The van der Waals surface area contributed by atoms with Gasteiger partial charge in [0.25, 0.3) is 0 Å². The molecule has 1 aromatic carbocycles. The van der Waals surface area contributed by atoms with Gasteiger partial charge < -0.3 is 14.7 Å². The molecule has 0 radical (unpaired) electrons. The Bertz CT molecular complexity index is 433. The van der Waals surface area contributed by atoms with Gasteiger partial charge in [-0.15, -0.1) is 0 Å². The average Bonchev–Trinajstić information content (AvgIpc) is 2.63. The lowest BCUT2D eigenvalue weighted by Gasteiger charge is -2.24. The minimum Gasteiger partial charge on any atom is -0.496 e. The Kier molecular flexibility index (Phi) is 5.44. The Morgan fingerprint density at radius 1 is 1.35 bits per heavy atom. The predicted octanol–water partition coefficient (Wildman–Crippen LogP) is 3.16. The maximum atomic E-state index is 10.5. The lowest BCUT2D eigenvalue weighted by atomic mass is 10.0. The van der Waals surface area contributed by atoms with Gasteiger partial charge in [-0.25, -0.2) is 0 Å². The zero-order valence-corrected chi connectivity index (χ0v) is 12.9. The van der Waals surface area contributed by atoms with Gasteiger partial charge in [-0.1, -0.05) is 18.6 Å². The zero-order valence-electron chi connectivity index (χ0n) is 12.9. The maximum Gasteiger partial charge on any atom is 0.124 e. The molecular formula is C17H27NO2. The SMILES string of the molecule is COc1ccc(C)cc1C(O)CN1CCCC(C)CC1. The van der Waals surface area contributed by atoms with Crippen LogP contribution in [-0.4, -0.2) is 36.8 Å². The molecule has 1 heterocycles. The highest BCUT2D eigenvalue weighted by Crippen LogP contribution is 2.27. The van der Waals surface area contributed by atoms with E-state index in [-0.39, 0.29) is 0 Å². The van der Waals surface area contributed by atoms with Crippen molar-refractivity contribution in [2.45, 2.75) is 39.2 Å². The van der Waals surface area contributed by atoms with Gasteiger partial charge in [0.1, 0.15) is 5.75 Å².